The van der Waals surface area contributed by atoms with Gasteiger partial charge in [0, 0.05) is 5.88 Å². The second-order valence-electron chi connectivity index (χ2n) is 5.63. The van der Waals surface area contributed by atoms with Crippen molar-refractivity contribution in [3.8, 4) is 0 Å². The first-order valence-electron chi connectivity index (χ1n) is 6.57. The fourth-order valence-corrected chi connectivity index (χ4v) is 11.9. The lowest BCUT2D eigenvalue weighted by molar-refractivity contribution is 0.505. The van der Waals surface area contributed by atoms with Crippen molar-refractivity contribution >= 4 is 28.2 Å². The Bertz CT molecular complexity index is 199. The minimum absolute atomic E-state index is 0.764. The largest absolute Gasteiger partial charge is 0.455 e. The molecule has 0 radical (unpaired) electrons. The Morgan fingerprint density at radius 3 is 2.12 bits per heavy atom. The lowest BCUT2D eigenvalue weighted by Gasteiger charge is -2.39. The molecule has 0 aliphatic heterocycles. The van der Waals surface area contributed by atoms with Gasteiger partial charge in [-0.05, 0) is 43.7 Å². The van der Waals surface area contributed by atoms with Gasteiger partial charge in [-0.15, -0.1) is 11.6 Å². The molecule has 4 heteroatoms. The molecule has 0 spiro atoms. The van der Waals surface area contributed by atoms with E-state index in [1.54, 1.807) is 0 Å². The van der Waals surface area contributed by atoms with Gasteiger partial charge in [-0.3, -0.25) is 0 Å². The summed E-state index contributed by atoms with van der Waals surface area (Å²) in [5, 5.41) is 0. The Hall–Kier alpha value is 0.684. The maximum atomic E-state index is 6.65. The van der Waals surface area contributed by atoms with Gasteiger partial charge in [-0.25, -0.2) is 0 Å². The molecule has 0 aromatic rings. The first kappa shape index (κ1) is 16.7. The zero-order valence-corrected chi connectivity index (χ0v) is 14.7. The van der Waals surface area contributed by atoms with Gasteiger partial charge in [-0.2, -0.15) is 0 Å². The maximum Gasteiger partial charge on any atom is 0.179 e. The fraction of sp³-hybridized carbons (Fsp3) is 1.00. The molecule has 98 valence electrons. The summed E-state index contributed by atoms with van der Waals surface area (Å²) in [5.41, 5.74) is 0.764. The van der Waals surface area contributed by atoms with E-state index in [1.165, 1.54) is 18.5 Å². The third-order valence-electron chi connectivity index (χ3n) is 3.78. The van der Waals surface area contributed by atoms with Crippen LogP contribution in [0, 0.1) is 0 Å². The van der Waals surface area contributed by atoms with Crippen molar-refractivity contribution in [2.75, 3.05) is 5.88 Å². The Balaban J connectivity index is 4.50. The molecule has 0 aromatic carbocycles. The second-order valence-corrected chi connectivity index (χ2v) is 15.2. The Kier molecular flexibility index (Phi) is 7.50. The van der Waals surface area contributed by atoms with Crippen molar-refractivity contribution in [2.45, 2.75) is 70.9 Å². The quantitative estimate of drug-likeness (QED) is 0.437. The molecule has 0 heterocycles. The van der Waals surface area contributed by atoms with Crippen molar-refractivity contribution in [1.29, 1.82) is 0 Å². The predicted octanol–water partition coefficient (Wildman–Crippen LogP) is 5.23. The van der Waals surface area contributed by atoms with Crippen LogP contribution < -0.4 is 0 Å². The predicted molar refractivity (Wildman–Crippen MR) is 80.5 cm³/mol. The molecule has 0 aliphatic rings. The monoisotopic (exact) mass is 280 g/mol. The average Bonchev–Trinajstić information content (AvgIpc) is 2.24. The minimum atomic E-state index is -1.49. The standard InChI is InChI=1S/C12H29ClOSi2/c1-7-12(3)16(6,8-2)14-15(4,5)11-9-10-13/h12H,7-11H2,1-6H3. The van der Waals surface area contributed by atoms with E-state index in [2.05, 4.69) is 40.4 Å². The summed E-state index contributed by atoms with van der Waals surface area (Å²) in [6.45, 7) is 14.1. The highest BCUT2D eigenvalue weighted by atomic mass is 35.5. The maximum absolute atomic E-state index is 6.65. The molecule has 0 N–H and O–H groups in total. The van der Waals surface area contributed by atoms with E-state index in [-0.39, 0.29) is 0 Å². The van der Waals surface area contributed by atoms with Crippen LogP contribution in [0.4, 0.5) is 0 Å². The molecule has 0 fully saturated rings. The van der Waals surface area contributed by atoms with Crippen LogP contribution in [0.2, 0.25) is 37.3 Å². The molecule has 0 saturated carbocycles. The molecular formula is C12H29ClOSi2. The summed E-state index contributed by atoms with van der Waals surface area (Å²) in [6, 6.07) is 2.44. The van der Waals surface area contributed by atoms with Crippen LogP contribution >= 0.6 is 11.6 Å². The SMILES string of the molecule is CCC(C)[Si](C)(CC)O[Si](C)(C)CCCCl. The molecule has 0 bridgehead atoms. The van der Waals surface area contributed by atoms with Gasteiger partial charge < -0.3 is 4.12 Å². The fourth-order valence-electron chi connectivity index (χ4n) is 2.13. The van der Waals surface area contributed by atoms with Crippen LogP contribution in [-0.2, 0) is 4.12 Å². The molecule has 16 heavy (non-hydrogen) atoms. The van der Waals surface area contributed by atoms with E-state index < -0.39 is 16.6 Å². The van der Waals surface area contributed by atoms with Crippen LogP contribution in [0.25, 0.3) is 0 Å². The first-order valence-corrected chi connectivity index (χ1v) is 12.9. The van der Waals surface area contributed by atoms with E-state index in [1.807, 2.05) is 0 Å². The average molecular weight is 281 g/mol. The smallest absolute Gasteiger partial charge is 0.179 e. The van der Waals surface area contributed by atoms with Crippen molar-refractivity contribution in [3.05, 3.63) is 0 Å². The van der Waals surface area contributed by atoms with Gasteiger partial charge in [0.25, 0.3) is 0 Å². The first-order chi connectivity index (χ1) is 7.31. The van der Waals surface area contributed by atoms with E-state index in [4.69, 9.17) is 15.7 Å². The summed E-state index contributed by atoms with van der Waals surface area (Å²) >= 11 is 5.78. The summed E-state index contributed by atoms with van der Waals surface area (Å²) < 4.78 is 6.65. The van der Waals surface area contributed by atoms with E-state index in [0.29, 0.717) is 0 Å². The molecule has 0 aromatic heterocycles. The Morgan fingerprint density at radius 2 is 1.75 bits per heavy atom. The van der Waals surface area contributed by atoms with Crippen LogP contribution in [0.1, 0.15) is 33.6 Å². The van der Waals surface area contributed by atoms with Gasteiger partial charge in [0.2, 0.25) is 0 Å². The van der Waals surface area contributed by atoms with Crippen molar-refractivity contribution in [3.63, 3.8) is 0 Å². The van der Waals surface area contributed by atoms with Crippen molar-refractivity contribution < 1.29 is 4.12 Å². The Labute approximate surface area is 109 Å². The van der Waals surface area contributed by atoms with Crippen LogP contribution in [0.5, 0.6) is 0 Å². The van der Waals surface area contributed by atoms with E-state index >= 15 is 0 Å². The molecule has 0 saturated heterocycles. The zero-order valence-electron chi connectivity index (χ0n) is 11.9. The van der Waals surface area contributed by atoms with Gasteiger partial charge in [-0.1, -0.05) is 27.2 Å². The molecule has 0 rings (SSSR count). The van der Waals surface area contributed by atoms with Crippen LogP contribution in [0.3, 0.4) is 0 Å². The number of rotatable bonds is 8. The summed E-state index contributed by atoms with van der Waals surface area (Å²) in [7, 11) is -2.98. The molecule has 2 unspecified atom stereocenters. The highest BCUT2D eigenvalue weighted by Gasteiger charge is 2.38. The van der Waals surface area contributed by atoms with Crippen LogP contribution in [-0.4, -0.2) is 22.5 Å². The third kappa shape index (κ3) is 5.34. The number of hydrogen-bond donors (Lipinski definition) is 0. The molecular weight excluding hydrogens is 252 g/mol. The number of halogens is 1. The second kappa shape index (κ2) is 7.19. The Morgan fingerprint density at radius 1 is 1.19 bits per heavy atom. The summed E-state index contributed by atoms with van der Waals surface area (Å²) in [4.78, 5) is 0. The molecule has 0 amide bonds. The molecule has 2 atom stereocenters. The van der Waals surface area contributed by atoms with Crippen molar-refractivity contribution in [1.82, 2.24) is 0 Å². The number of alkyl halides is 1. The molecule has 1 nitrogen and oxygen atoms in total. The van der Waals surface area contributed by atoms with Gasteiger partial charge >= 0.3 is 0 Å². The highest BCUT2D eigenvalue weighted by Crippen LogP contribution is 2.33. The van der Waals surface area contributed by atoms with Crippen molar-refractivity contribution in [2.24, 2.45) is 0 Å². The minimum Gasteiger partial charge on any atom is -0.455 e. The van der Waals surface area contributed by atoms with E-state index in [9.17, 15) is 0 Å². The lowest BCUT2D eigenvalue weighted by Crippen LogP contribution is -2.48. The van der Waals surface area contributed by atoms with Crippen LogP contribution in [0.15, 0.2) is 0 Å². The normalized spacial score (nSPS) is 18.2. The van der Waals surface area contributed by atoms with E-state index in [0.717, 1.165) is 17.8 Å². The molecule has 0 aliphatic carbocycles. The van der Waals surface area contributed by atoms with Gasteiger partial charge in [0.1, 0.15) is 0 Å². The number of hydrogen-bond acceptors (Lipinski definition) is 1. The highest BCUT2D eigenvalue weighted by molar-refractivity contribution is 6.86. The summed E-state index contributed by atoms with van der Waals surface area (Å²) in [6.07, 6.45) is 2.35. The third-order valence-corrected chi connectivity index (χ3v) is 13.6. The van der Waals surface area contributed by atoms with Gasteiger partial charge in [0.05, 0.1) is 0 Å². The topological polar surface area (TPSA) is 9.23 Å². The van der Waals surface area contributed by atoms with Gasteiger partial charge in [0.15, 0.2) is 16.6 Å². The lowest BCUT2D eigenvalue weighted by atomic mass is 10.4. The zero-order chi connectivity index (χ0) is 12.8. The summed E-state index contributed by atoms with van der Waals surface area (Å²) in [5.74, 6) is 0.771.